The summed E-state index contributed by atoms with van der Waals surface area (Å²) in [5, 5.41) is 10.2. The van der Waals surface area contributed by atoms with Gasteiger partial charge < -0.3 is 5.32 Å². The van der Waals surface area contributed by atoms with Crippen LogP contribution >= 0.6 is 0 Å². The van der Waals surface area contributed by atoms with Crippen LogP contribution in [0.1, 0.15) is 12.8 Å². The van der Waals surface area contributed by atoms with E-state index in [0.29, 0.717) is 5.69 Å². The maximum atomic E-state index is 11.7. The monoisotopic (exact) mass is 259 g/mol. The highest BCUT2D eigenvalue weighted by Crippen LogP contribution is 2.30. The van der Waals surface area contributed by atoms with Gasteiger partial charge in [-0.15, -0.1) is 0 Å². The third-order valence-corrected chi connectivity index (χ3v) is 3.05. The number of amides is 1. The van der Waals surface area contributed by atoms with E-state index >= 15 is 0 Å². The molecular formula is C12H13N5O2. The van der Waals surface area contributed by atoms with Crippen molar-refractivity contribution in [2.45, 2.75) is 12.8 Å². The zero-order valence-electron chi connectivity index (χ0n) is 10.4. The lowest BCUT2D eigenvalue weighted by atomic mass is 10.2. The number of anilines is 1. The molecule has 0 unspecified atom stereocenters. The summed E-state index contributed by atoms with van der Waals surface area (Å²) in [4.78, 5) is 23.3. The second-order valence-electron chi connectivity index (χ2n) is 4.61. The molecule has 0 aliphatic heterocycles. The van der Waals surface area contributed by atoms with Crippen LogP contribution < -0.4 is 11.0 Å². The van der Waals surface area contributed by atoms with Gasteiger partial charge in [-0.1, -0.05) is 0 Å². The van der Waals surface area contributed by atoms with E-state index in [2.05, 4.69) is 15.7 Å². The van der Waals surface area contributed by atoms with E-state index in [-0.39, 0.29) is 17.5 Å². The quantitative estimate of drug-likeness (QED) is 0.860. The second kappa shape index (κ2) is 4.34. The number of hydrogen-bond acceptors (Lipinski definition) is 4. The summed E-state index contributed by atoms with van der Waals surface area (Å²) in [5.41, 5.74) is 1.02. The highest BCUT2D eigenvalue weighted by molar-refractivity contribution is 5.94. The van der Waals surface area contributed by atoms with Crippen LogP contribution in [0.4, 0.5) is 5.69 Å². The molecule has 1 fully saturated rings. The molecule has 0 bridgehead atoms. The first kappa shape index (κ1) is 11.6. The van der Waals surface area contributed by atoms with Gasteiger partial charge in [-0.25, -0.2) is 4.79 Å². The number of nitrogens with zero attached hydrogens (tertiary/aromatic N) is 4. The van der Waals surface area contributed by atoms with Gasteiger partial charge in [-0.05, 0) is 47.5 Å². The summed E-state index contributed by atoms with van der Waals surface area (Å²) in [7, 11) is 1.54. The Morgan fingerprint density at radius 1 is 1.26 bits per heavy atom. The minimum absolute atomic E-state index is 0.0596. The number of aromatic nitrogens is 4. The second-order valence-corrected chi connectivity index (χ2v) is 4.61. The van der Waals surface area contributed by atoms with E-state index in [1.165, 1.54) is 11.7 Å². The Morgan fingerprint density at radius 3 is 2.47 bits per heavy atom. The zero-order chi connectivity index (χ0) is 13.4. The summed E-state index contributed by atoms with van der Waals surface area (Å²) in [6.07, 6.45) is 1.94. The molecule has 1 saturated carbocycles. The third kappa shape index (κ3) is 2.26. The van der Waals surface area contributed by atoms with Crippen LogP contribution in [0, 0.1) is 5.92 Å². The Balaban J connectivity index is 1.80. The van der Waals surface area contributed by atoms with Crippen LogP contribution in [0.15, 0.2) is 29.1 Å². The predicted molar refractivity (Wildman–Crippen MR) is 68.0 cm³/mol. The van der Waals surface area contributed by atoms with Crippen molar-refractivity contribution in [3.05, 3.63) is 34.7 Å². The number of benzene rings is 1. The van der Waals surface area contributed by atoms with Gasteiger partial charge in [0.05, 0.1) is 5.69 Å². The van der Waals surface area contributed by atoms with Gasteiger partial charge >= 0.3 is 5.69 Å². The SMILES string of the molecule is Cn1nnn(-c2ccc(NC(=O)C3CC3)cc2)c1=O. The van der Waals surface area contributed by atoms with Gasteiger partial charge in [0, 0.05) is 18.7 Å². The molecule has 19 heavy (non-hydrogen) atoms. The van der Waals surface area contributed by atoms with Gasteiger partial charge in [-0.3, -0.25) is 4.79 Å². The van der Waals surface area contributed by atoms with E-state index in [1.54, 1.807) is 24.3 Å². The summed E-state index contributed by atoms with van der Waals surface area (Å²) in [5.74, 6) is 0.228. The molecule has 1 aromatic carbocycles. The van der Waals surface area contributed by atoms with Crippen molar-refractivity contribution in [2.24, 2.45) is 13.0 Å². The van der Waals surface area contributed by atoms with Crippen molar-refractivity contribution in [1.29, 1.82) is 0 Å². The summed E-state index contributed by atoms with van der Waals surface area (Å²) >= 11 is 0. The fourth-order valence-electron chi connectivity index (χ4n) is 1.75. The minimum atomic E-state index is -0.310. The molecule has 3 rings (SSSR count). The summed E-state index contributed by atoms with van der Waals surface area (Å²) in [6, 6.07) is 6.94. The fraction of sp³-hybridized carbons (Fsp3) is 0.333. The van der Waals surface area contributed by atoms with Gasteiger partial charge in [0.1, 0.15) is 0 Å². The molecule has 2 aromatic rings. The highest BCUT2D eigenvalue weighted by atomic mass is 16.2. The first-order chi connectivity index (χ1) is 9.15. The Morgan fingerprint density at radius 2 is 1.95 bits per heavy atom. The van der Waals surface area contributed by atoms with Crippen molar-refractivity contribution >= 4 is 11.6 Å². The molecular weight excluding hydrogens is 246 g/mol. The topological polar surface area (TPSA) is 81.8 Å². The van der Waals surface area contributed by atoms with Crippen molar-refractivity contribution in [3.8, 4) is 5.69 Å². The van der Waals surface area contributed by atoms with E-state index in [4.69, 9.17) is 0 Å². The molecule has 1 N–H and O–H groups in total. The van der Waals surface area contributed by atoms with E-state index < -0.39 is 0 Å². The van der Waals surface area contributed by atoms with Crippen LogP contribution in [-0.2, 0) is 11.8 Å². The van der Waals surface area contributed by atoms with E-state index in [0.717, 1.165) is 23.2 Å². The molecule has 1 aliphatic carbocycles. The number of carbonyl (C=O) groups excluding carboxylic acids is 1. The van der Waals surface area contributed by atoms with Crippen LogP contribution in [0.3, 0.4) is 0 Å². The minimum Gasteiger partial charge on any atom is -0.326 e. The molecule has 1 aliphatic rings. The standard InChI is InChI=1S/C12H13N5O2/c1-16-12(19)17(15-14-16)10-6-4-9(5-7-10)13-11(18)8-2-3-8/h4-8H,2-3H2,1H3,(H,13,18). The Labute approximate surface area is 108 Å². The number of carbonyl (C=O) groups is 1. The lowest BCUT2D eigenvalue weighted by Crippen LogP contribution is -2.21. The van der Waals surface area contributed by atoms with E-state index in [9.17, 15) is 9.59 Å². The summed E-state index contributed by atoms with van der Waals surface area (Å²) < 4.78 is 2.36. The van der Waals surface area contributed by atoms with Crippen LogP contribution in [0.25, 0.3) is 5.69 Å². The maximum absolute atomic E-state index is 11.7. The first-order valence-electron chi connectivity index (χ1n) is 6.05. The van der Waals surface area contributed by atoms with Crippen molar-refractivity contribution < 1.29 is 4.79 Å². The number of rotatable bonds is 3. The van der Waals surface area contributed by atoms with Gasteiger partial charge in [0.2, 0.25) is 5.91 Å². The summed E-state index contributed by atoms with van der Waals surface area (Å²) in [6.45, 7) is 0. The number of aryl methyl sites for hydroxylation is 1. The number of nitrogens with one attached hydrogen (secondary N) is 1. The number of tetrazole rings is 1. The highest BCUT2D eigenvalue weighted by Gasteiger charge is 2.29. The predicted octanol–water partition coefficient (Wildman–Crippen LogP) is 0.314. The molecule has 0 radical (unpaired) electrons. The first-order valence-corrected chi connectivity index (χ1v) is 6.05. The van der Waals surface area contributed by atoms with Gasteiger partial charge in [-0.2, -0.15) is 9.36 Å². The van der Waals surface area contributed by atoms with E-state index in [1.807, 2.05) is 0 Å². The smallest absolute Gasteiger partial charge is 0.326 e. The molecule has 0 saturated heterocycles. The molecule has 0 spiro atoms. The zero-order valence-corrected chi connectivity index (χ0v) is 10.4. The molecule has 7 nitrogen and oxygen atoms in total. The third-order valence-electron chi connectivity index (χ3n) is 3.05. The van der Waals surface area contributed by atoms with Gasteiger partial charge in [0.25, 0.3) is 0 Å². The molecule has 1 amide bonds. The molecule has 0 atom stereocenters. The Bertz CT molecular complexity index is 666. The Kier molecular flexibility index (Phi) is 2.66. The lowest BCUT2D eigenvalue weighted by Gasteiger charge is -2.04. The maximum Gasteiger partial charge on any atom is 0.368 e. The molecule has 98 valence electrons. The fourth-order valence-corrected chi connectivity index (χ4v) is 1.75. The van der Waals surface area contributed by atoms with Crippen molar-refractivity contribution in [2.75, 3.05) is 5.32 Å². The van der Waals surface area contributed by atoms with Crippen LogP contribution in [-0.4, -0.2) is 25.7 Å². The lowest BCUT2D eigenvalue weighted by molar-refractivity contribution is -0.117. The number of hydrogen-bond donors (Lipinski definition) is 1. The van der Waals surface area contributed by atoms with Crippen molar-refractivity contribution in [3.63, 3.8) is 0 Å². The van der Waals surface area contributed by atoms with Crippen molar-refractivity contribution in [1.82, 2.24) is 19.8 Å². The normalized spacial score (nSPS) is 14.4. The van der Waals surface area contributed by atoms with Gasteiger partial charge in [0.15, 0.2) is 0 Å². The largest absolute Gasteiger partial charge is 0.368 e. The molecule has 1 aromatic heterocycles. The molecule has 7 heteroatoms. The average molecular weight is 259 g/mol. The van der Waals surface area contributed by atoms with Crippen LogP contribution in [0.5, 0.6) is 0 Å². The molecule has 1 heterocycles. The van der Waals surface area contributed by atoms with Crippen LogP contribution in [0.2, 0.25) is 0 Å². The average Bonchev–Trinajstić information content (AvgIpc) is 3.20. The Hall–Kier alpha value is -2.44.